The lowest BCUT2D eigenvalue weighted by atomic mass is 10.1. The van der Waals surface area contributed by atoms with Gasteiger partial charge in [0, 0.05) is 11.8 Å². The Morgan fingerprint density at radius 3 is 2.58 bits per heavy atom. The van der Waals surface area contributed by atoms with Crippen molar-refractivity contribution in [3.05, 3.63) is 53.9 Å². The Hall–Kier alpha value is -3.55. The van der Waals surface area contributed by atoms with Gasteiger partial charge in [-0.05, 0) is 43.3 Å². The third kappa shape index (κ3) is 3.44. The zero-order chi connectivity index (χ0) is 18.7. The topological polar surface area (TPSA) is 106 Å². The molecule has 0 aliphatic heterocycles. The van der Waals surface area contributed by atoms with Crippen LogP contribution in [0, 0.1) is 0 Å². The zero-order valence-corrected chi connectivity index (χ0v) is 14.2. The van der Waals surface area contributed by atoms with Gasteiger partial charge in [0.2, 0.25) is 0 Å². The van der Waals surface area contributed by atoms with E-state index in [1.807, 2.05) is 0 Å². The van der Waals surface area contributed by atoms with E-state index in [9.17, 15) is 14.7 Å². The van der Waals surface area contributed by atoms with E-state index in [0.717, 1.165) is 0 Å². The fraction of sp³-hybridized carbons (Fsp3) is 0.167. The van der Waals surface area contributed by atoms with E-state index in [1.54, 1.807) is 40.9 Å². The molecule has 0 unspecified atom stereocenters. The van der Waals surface area contributed by atoms with Crippen molar-refractivity contribution >= 4 is 28.9 Å². The Morgan fingerprint density at radius 2 is 1.92 bits per heavy atom. The second-order valence-corrected chi connectivity index (χ2v) is 5.53. The number of azo groups is 1. The van der Waals surface area contributed by atoms with Crippen molar-refractivity contribution in [3.63, 3.8) is 0 Å². The summed E-state index contributed by atoms with van der Waals surface area (Å²) in [5, 5.41) is 18.3. The molecule has 0 spiro atoms. The Bertz CT molecular complexity index is 1010. The van der Waals surface area contributed by atoms with Crippen molar-refractivity contribution in [1.29, 1.82) is 0 Å². The number of carbonyl (C=O) groups excluding carboxylic acids is 2. The van der Waals surface area contributed by atoms with E-state index in [2.05, 4.69) is 19.9 Å². The number of pyridine rings is 1. The van der Waals surface area contributed by atoms with Crippen molar-refractivity contribution in [3.8, 4) is 5.75 Å². The fourth-order valence-electron chi connectivity index (χ4n) is 2.39. The van der Waals surface area contributed by atoms with Crippen LogP contribution in [0.2, 0.25) is 0 Å². The molecular weight excluding hydrogens is 336 g/mol. The molecule has 0 bridgehead atoms. The summed E-state index contributed by atoms with van der Waals surface area (Å²) >= 11 is 0. The van der Waals surface area contributed by atoms with E-state index in [0.29, 0.717) is 22.8 Å². The number of carbonyl (C=O) groups is 2. The molecule has 0 saturated heterocycles. The molecule has 3 aromatic rings. The highest BCUT2D eigenvalue weighted by Crippen LogP contribution is 2.28. The fourth-order valence-corrected chi connectivity index (χ4v) is 2.39. The van der Waals surface area contributed by atoms with Crippen LogP contribution in [-0.2, 0) is 16.0 Å². The highest BCUT2D eigenvalue weighted by Gasteiger charge is 2.17. The molecule has 0 atom stereocenters. The maximum absolute atomic E-state index is 11.6. The van der Waals surface area contributed by atoms with Crippen LogP contribution in [0.25, 0.3) is 5.65 Å². The summed E-state index contributed by atoms with van der Waals surface area (Å²) in [5.74, 6) is -0.232. The van der Waals surface area contributed by atoms with E-state index in [-0.39, 0.29) is 23.6 Å². The summed E-state index contributed by atoms with van der Waals surface area (Å²) in [6.45, 7) is 1.49. The molecule has 132 valence electrons. The van der Waals surface area contributed by atoms with Crippen molar-refractivity contribution in [2.24, 2.45) is 10.2 Å². The number of aromatic hydroxyl groups is 1. The lowest BCUT2D eigenvalue weighted by Crippen LogP contribution is -2.04. The van der Waals surface area contributed by atoms with Crippen LogP contribution in [-0.4, -0.2) is 33.4 Å². The van der Waals surface area contributed by atoms with Crippen LogP contribution in [0.15, 0.2) is 52.8 Å². The normalized spacial score (nSPS) is 11.2. The lowest BCUT2D eigenvalue weighted by molar-refractivity contribution is -0.139. The van der Waals surface area contributed by atoms with Gasteiger partial charge in [0.25, 0.3) is 0 Å². The first-order valence-electron chi connectivity index (χ1n) is 7.78. The molecule has 8 heteroatoms. The molecule has 0 aliphatic rings. The molecule has 0 amide bonds. The molecular formula is C18H16N4O4. The zero-order valence-electron chi connectivity index (χ0n) is 14.2. The van der Waals surface area contributed by atoms with E-state index in [1.165, 1.54) is 20.1 Å². The number of hydrogen-bond donors (Lipinski definition) is 1. The van der Waals surface area contributed by atoms with Gasteiger partial charge >= 0.3 is 5.97 Å². The van der Waals surface area contributed by atoms with Crippen molar-refractivity contribution in [2.45, 2.75) is 13.3 Å². The summed E-state index contributed by atoms with van der Waals surface area (Å²) in [6.07, 6.45) is 1.56. The highest BCUT2D eigenvalue weighted by molar-refractivity contribution is 5.94. The second kappa shape index (κ2) is 7.14. The average Bonchev–Trinajstić information content (AvgIpc) is 2.98. The van der Waals surface area contributed by atoms with Crippen molar-refractivity contribution < 1.29 is 19.4 Å². The van der Waals surface area contributed by atoms with Gasteiger partial charge in [0.05, 0.1) is 24.9 Å². The van der Waals surface area contributed by atoms with Gasteiger partial charge in [0.1, 0.15) is 0 Å². The number of aromatic nitrogens is 2. The maximum atomic E-state index is 11.6. The molecule has 3 rings (SSSR count). The average molecular weight is 352 g/mol. The number of fused-ring (bicyclic) bond motifs is 1. The number of methoxy groups -OCH3 is 1. The van der Waals surface area contributed by atoms with E-state index in [4.69, 9.17) is 0 Å². The van der Waals surface area contributed by atoms with Gasteiger partial charge in [0.15, 0.2) is 23.0 Å². The summed E-state index contributed by atoms with van der Waals surface area (Å²) < 4.78 is 6.22. The van der Waals surface area contributed by atoms with Gasteiger partial charge in [-0.15, -0.1) is 10.2 Å². The number of ketones is 1. The van der Waals surface area contributed by atoms with Crippen LogP contribution in [0.1, 0.15) is 23.0 Å². The van der Waals surface area contributed by atoms with Crippen molar-refractivity contribution in [1.82, 2.24) is 9.38 Å². The highest BCUT2D eigenvalue weighted by atomic mass is 16.5. The first-order valence-corrected chi connectivity index (χ1v) is 7.78. The standard InChI is InChI=1S/C18H16N4O4/c1-11(23)12-5-7-13(8-6-12)20-21-17-14(10-16(25)26-2)19-18-15(24)4-3-9-22(17)18/h3-9,24H,10H2,1-2H3. The van der Waals surface area contributed by atoms with Gasteiger partial charge in [-0.2, -0.15) is 0 Å². The Labute approximate surface area is 148 Å². The number of esters is 1. The minimum atomic E-state index is -0.477. The van der Waals surface area contributed by atoms with Gasteiger partial charge in [-0.25, -0.2) is 4.98 Å². The first kappa shape index (κ1) is 17.3. The Balaban J connectivity index is 2.01. The summed E-state index contributed by atoms with van der Waals surface area (Å²) in [7, 11) is 1.29. The van der Waals surface area contributed by atoms with Crippen molar-refractivity contribution in [2.75, 3.05) is 7.11 Å². The van der Waals surface area contributed by atoms with E-state index >= 15 is 0 Å². The number of ether oxygens (including phenoxy) is 1. The quantitative estimate of drug-likeness (QED) is 0.430. The molecule has 1 N–H and O–H groups in total. The molecule has 0 aliphatic carbocycles. The maximum Gasteiger partial charge on any atom is 0.311 e. The number of rotatable bonds is 5. The minimum Gasteiger partial charge on any atom is -0.504 e. The van der Waals surface area contributed by atoms with Gasteiger partial charge in [-0.1, -0.05) is 0 Å². The number of nitrogens with zero attached hydrogens (tertiary/aromatic N) is 4. The predicted octanol–water partition coefficient (Wildman–Crippen LogP) is 3.37. The van der Waals surface area contributed by atoms with Crippen LogP contribution in [0.4, 0.5) is 11.5 Å². The van der Waals surface area contributed by atoms with Crippen LogP contribution in [0.3, 0.4) is 0 Å². The van der Waals surface area contributed by atoms with Crippen LogP contribution >= 0.6 is 0 Å². The van der Waals surface area contributed by atoms with Gasteiger partial charge < -0.3 is 9.84 Å². The molecule has 0 fully saturated rings. The lowest BCUT2D eigenvalue weighted by Gasteiger charge is -2.00. The summed E-state index contributed by atoms with van der Waals surface area (Å²) in [4.78, 5) is 27.2. The molecule has 1 aromatic carbocycles. The Kier molecular flexibility index (Phi) is 4.74. The summed E-state index contributed by atoms with van der Waals surface area (Å²) in [5.41, 5.74) is 1.72. The SMILES string of the molecule is COC(=O)Cc1nc2c(O)cccn2c1N=Nc1ccc(C(C)=O)cc1. The van der Waals surface area contributed by atoms with E-state index < -0.39 is 5.97 Å². The molecule has 0 saturated carbocycles. The second-order valence-electron chi connectivity index (χ2n) is 5.53. The Morgan fingerprint density at radius 1 is 1.19 bits per heavy atom. The van der Waals surface area contributed by atoms with Crippen LogP contribution in [0.5, 0.6) is 5.75 Å². The molecule has 8 nitrogen and oxygen atoms in total. The molecule has 26 heavy (non-hydrogen) atoms. The molecule has 2 heterocycles. The first-order chi connectivity index (χ1) is 12.5. The number of benzene rings is 1. The minimum absolute atomic E-state index is 0.0360. The smallest absolute Gasteiger partial charge is 0.311 e. The van der Waals surface area contributed by atoms with Gasteiger partial charge in [-0.3, -0.25) is 14.0 Å². The number of imidazole rings is 1. The monoisotopic (exact) mass is 352 g/mol. The molecule has 2 aromatic heterocycles. The summed E-state index contributed by atoms with van der Waals surface area (Å²) in [6, 6.07) is 9.78. The molecule has 0 radical (unpaired) electrons. The largest absolute Gasteiger partial charge is 0.504 e. The third-order valence-electron chi connectivity index (χ3n) is 3.75. The third-order valence-corrected chi connectivity index (χ3v) is 3.75. The number of hydrogen-bond acceptors (Lipinski definition) is 7. The van der Waals surface area contributed by atoms with Crippen LogP contribution < -0.4 is 0 Å². The number of Topliss-reactive ketones (excluding diaryl/α,β-unsaturated/α-hetero) is 1. The predicted molar refractivity (Wildman–Crippen MR) is 93.2 cm³/mol.